The van der Waals surface area contributed by atoms with Crippen molar-refractivity contribution in [2.24, 2.45) is 0 Å². The van der Waals surface area contributed by atoms with Gasteiger partial charge in [0.25, 0.3) is 0 Å². The summed E-state index contributed by atoms with van der Waals surface area (Å²) in [5, 5.41) is 0.832. The molecule has 0 saturated heterocycles. The Morgan fingerprint density at radius 3 is 2.83 bits per heavy atom. The minimum absolute atomic E-state index is 0.287. The number of pyridine rings is 1. The number of likely N-dealkylation sites (N-methyl/N-ethyl adjacent to an activating group) is 1. The fourth-order valence-corrected chi connectivity index (χ4v) is 4.03. The van der Waals surface area contributed by atoms with E-state index in [2.05, 4.69) is 42.3 Å². The molecule has 0 N–H and O–H groups in total. The maximum atomic E-state index is 6.26. The number of fused-ring (bicyclic) bond motifs is 2. The number of rotatable bonds is 1. The molecule has 118 valence electrons. The van der Waals surface area contributed by atoms with Crippen molar-refractivity contribution in [3.8, 4) is 0 Å². The maximum absolute atomic E-state index is 6.26. The summed E-state index contributed by atoms with van der Waals surface area (Å²) >= 11 is 6.26. The number of hydrogen-bond acceptors (Lipinski definition) is 2. The zero-order valence-corrected chi connectivity index (χ0v) is 14.2. The molecule has 1 aromatic carbocycles. The van der Waals surface area contributed by atoms with E-state index in [0.29, 0.717) is 0 Å². The Hall–Kier alpha value is -1.64. The Bertz CT molecular complexity index is 766. The molecule has 0 radical (unpaired) electrons. The van der Waals surface area contributed by atoms with E-state index < -0.39 is 0 Å². The van der Waals surface area contributed by atoms with Crippen molar-refractivity contribution in [1.82, 2.24) is 9.88 Å². The first kappa shape index (κ1) is 14.9. The lowest BCUT2D eigenvalue weighted by Gasteiger charge is -2.28. The highest BCUT2D eigenvalue weighted by molar-refractivity contribution is 6.30. The molecule has 1 atom stereocenters. The van der Waals surface area contributed by atoms with Crippen LogP contribution in [0, 0.1) is 0 Å². The molecule has 0 saturated carbocycles. The molecule has 4 rings (SSSR count). The number of hydrogen-bond donors (Lipinski definition) is 0. The smallest absolute Gasteiger partial charge is 0.0551 e. The SMILES string of the molecule is CN1CC=C([C@@H]2c3ccc(Cl)cc3CCc3cccnc32)CC1. The molecule has 2 nitrogen and oxygen atoms in total. The van der Waals surface area contributed by atoms with E-state index in [9.17, 15) is 0 Å². The van der Waals surface area contributed by atoms with Gasteiger partial charge >= 0.3 is 0 Å². The van der Waals surface area contributed by atoms with Gasteiger partial charge in [-0.1, -0.05) is 35.4 Å². The number of benzene rings is 1. The minimum Gasteiger partial charge on any atom is -0.302 e. The number of aromatic nitrogens is 1. The van der Waals surface area contributed by atoms with Gasteiger partial charge in [0.15, 0.2) is 0 Å². The highest BCUT2D eigenvalue weighted by Gasteiger charge is 2.28. The molecule has 1 aliphatic heterocycles. The summed E-state index contributed by atoms with van der Waals surface area (Å²) in [5.41, 5.74) is 6.89. The lowest BCUT2D eigenvalue weighted by atomic mass is 9.82. The molecule has 3 heteroatoms. The average molecular weight is 325 g/mol. The van der Waals surface area contributed by atoms with Crippen molar-refractivity contribution >= 4 is 11.6 Å². The molecule has 2 heterocycles. The highest BCUT2D eigenvalue weighted by Crippen LogP contribution is 2.40. The van der Waals surface area contributed by atoms with Crippen molar-refractivity contribution in [3.05, 3.63) is 75.6 Å². The molecule has 1 aliphatic carbocycles. The van der Waals surface area contributed by atoms with Crippen LogP contribution in [-0.2, 0) is 12.8 Å². The first-order valence-electron chi connectivity index (χ1n) is 8.32. The van der Waals surface area contributed by atoms with E-state index in [1.807, 2.05) is 12.3 Å². The molecule has 2 aliphatic rings. The van der Waals surface area contributed by atoms with Gasteiger partial charge in [-0.3, -0.25) is 4.98 Å². The van der Waals surface area contributed by atoms with Gasteiger partial charge < -0.3 is 4.90 Å². The normalized spacial score (nSPS) is 21.1. The molecular formula is C20H21ClN2. The third-order valence-electron chi connectivity index (χ3n) is 5.10. The lowest BCUT2D eigenvalue weighted by molar-refractivity contribution is 0.355. The van der Waals surface area contributed by atoms with E-state index in [1.165, 1.54) is 28.0 Å². The molecule has 1 aromatic heterocycles. The van der Waals surface area contributed by atoms with Crippen LogP contribution in [0.1, 0.15) is 34.7 Å². The van der Waals surface area contributed by atoms with Crippen molar-refractivity contribution in [2.75, 3.05) is 20.1 Å². The van der Waals surface area contributed by atoms with Crippen molar-refractivity contribution in [3.63, 3.8) is 0 Å². The fraction of sp³-hybridized carbons (Fsp3) is 0.350. The standard InChI is InChI=1S/C20H21ClN2/c1-23-11-8-14(9-12-23)19-18-7-6-17(21)13-16(18)5-4-15-3-2-10-22-20(15)19/h2-3,6-8,10,13,19H,4-5,9,11-12H2,1H3/t19-/m1/s1. The van der Waals surface area contributed by atoms with Crippen LogP contribution in [0.2, 0.25) is 5.02 Å². The Morgan fingerprint density at radius 2 is 2.00 bits per heavy atom. The van der Waals surface area contributed by atoms with Crippen LogP contribution in [-0.4, -0.2) is 30.0 Å². The van der Waals surface area contributed by atoms with Gasteiger partial charge in [0.1, 0.15) is 0 Å². The molecule has 0 amide bonds. The lowest BCUT2D eigenvalue weighted by Crippen LogP contribution is -2.26. The largest absolute Gasteiger partial charge is 0.302 e. The Balaban J connectivity index is 1.88. The third-order valence-corrected chi connectivity index (χ3v) is 5.33. The van der Waals surface area contributed by atoms with Gasteiger partial charge in [0.2, 0.25) is 0 Å². The molecular weight excluding hydrogens is 304 g/mol. The maximum Gasteiger partial charge on any atom is 0.0551 e. The quantitative estimate of drug-likeness (QED) is 0.730. The summed E-state index contributed by atoms with van der Waals surface area (Å²) < 4.78 is 0. The Morgan fingerprint density at radius 1 is 1.13 bits per heavy atom. The van der Waals surface area contributed by atoms with Crippen molar-refractivity contribution in [1.29, 1.82) is 0 Å². The summed E-state index contributed by atoms with van der Waals surface area (Å²) in [6.07, 6.45) is 7.52. The second-order valence-corrected chi connectivity index (χ2v) is 7.05. The first-order chi connectivity index (χ1) is 11.2. The van der Waals surface area contributed by atoms with E-state index in [1.54, 1.807) is 0 Å². The van der Waals surface area contributed by atoms with E-state index in [-0.39, 0.29) is 5.92 Å². The van der Waals surface area contributed by atoms with Crippen LogP contribution in [0.5, 0.6) is 0 Å². The second kappa shape index (κ2) is 6.10. The summed E-state index contributed by atoms with van der Waals surface area (Å²) in [6.45, 7) is 2.14. The van der Waals surface area contributed by atoms with E-state index in [4.69, 9.17) is 16.6 Å². The molecule has 0 unspecified atom stereocenters. The Labute approximate surface area is 142 Å². The zero-order chi connectivity index (χ0) is 15.8. The predicted octanol–water partition coefficient (Wildman–Crippen LogP) is 4.23. The van der Waals surface area contributed by atoms with Crippen LogP contribution in [0.3, 0.4) is 0 Å². The van der Waals surface area contributed by atoms with Crippen LogP contribution < -0.4 is 0 Å². The topological polar surface area (TPSA) is 16.1 Å². The number of halogens is 1. The van der Waals surface area contributed by atoms with Crippen LogP contribution in [0.25, 0.3) is 0 Å². The van der Waals surface area contributed by atoms with Crippen LogP contribution >= 0.6 is 11.6 Å². The van der Waals surface area contributed by atoms with Crippen molar-refractivity contribution < 1.29 is 0 Å². The van der Waals surface area contributed by atoms with Gasteiger partial charge in [-0.25, -0.2) is 0 Å². The second-order valence-electron chi connectivity index (χ2n) is 6.62. The van der Waals surface area contributed by atoms with Gasteiger partial charge in [-0.15, -0.1) is 0 Å². The Kier molecular flexibility index (Phi) is 3.96. The van der Waals surface area contributed by atoms with Crippen molar-refractivity contribution in [2.45, 2.75) is 25.2 Å². The number of nitrogens with zero attached hydrogens (tertiary/aromatic N) is 2. The van der Waals surface area contributed by atoms with E-state index in [0.717, 1.165) is 37.4 Å². The highest BCUT2D eigenvalue weighted by atomic mass is 35.5. The summed E-state index contributed by atoms with van der Waals surface area (Å²) in [4.78, 5) is 7.15. The predicted molar refractivity (Wildman–Crippen MR) is 95.1 cm³/mol. The fourth-order valence-electron chi connectivity index (χ4n) is 3.84. The van der Waals surface area contributed by atoms with Crippen LogP contribution in [0.15, 0.2) is 48.2 Å². The average Bonchev–Trinajstić information content (AvgIpc) is 2.72. The molecule has 0 spiro atoms. The van der Waals surface area contributed by atoms with Gasteiger partial charge in [0, 0.05) is 30.2 Å². The molecule has 0 bridgehead atoms. The summed E-state index contributed by atoms with van der Waals surface area (Å²) in [6, 6.07) is 10.7. The zero-order valence-electron chi connectivity index (χ0n) is 13.4. The number of aryl methyl sites for hydroxylation is 2. The van der Waals surface area contributed by atoms with E-state index >= 15 is 0 Å². The minimum atomic E-state index is 0.287. The molecule has 23 heavy (non-hydrogen) atoms. The monoisotopic (exact) mass is 324 g/mol. The first-order valence-corrected chi connectivity index (χ1v) is 8.70. The van der Waals surface area contributed by atoms with Gasteiger partial charge in [0.05, 0.1) is 5.69 Å². The third kappa shape index (κ3) is 2.82. The van der Waals surface area contributed by atoms with Gasteiger partial charge in [-0.05, 0) is 61.2 Å². The molecule has 0 fully saturated rings. The van der Waals surface area contributed by atoms with Crippen LogP contribution in [0.4, 0.5) is 0 Å². The summed E-state index contributed by atoms with van der Waals surface area (Å²) in [5.74, 6) is 0.287. The summed E-state index contributed by atoms with van der Waals surface area (Å²) in [7, 11) is 2.18. The molecule has 2 aromatic rings. The van der Waals surface area contributed by atoms with Gasteiger partial charge in [-0.2, -0.15) is 0 Å².